The van der Waals surface area contributed by atoms with E-state index in [0.29, 0.717) is 23.8 Å². The fraction of sp³-hybridized carbons (Fsp3) is 0.941. The average molecular weight is 276 g/mol. The van der Waals surface area contributed by atoms with E-state index in [9.17, 15) is 4.79 Å². The Morgan fingerprint density at radius 3 is 2.65 bits per heavy atom. The molecule has 3 nitrogen and oxygen atoms in total. The molecule has 3 heteroatoms. The first-order chi connectivity index (χ1) is 9.81. The van der Waals surface area contributed by atoms with Gasteiger partial charge in [-0.2, -0.15) is 0 Å². The molecule has 5 unspecified atom stereocenters. The van der Waals surface area contributed by atoms with Gasteiger partial charge in [0.05, 0.1) is 0 Å². The largest absolute Gasteiger partial charge is 0.342 e. The maximum Gasteiger partial charge on any atom is 0.225 e. The predicted molar refractivity (Wildman–Crippen MR) is 79.3 cm³/mol. The number of likely N-dealkylation sites (tertiary alicyclic amines) is 1. The first kappa shape index (κ1) is 13.1. The van der Waals surface area contributed by atoms with E-state index in [1.54, 1.807) is 0 Å². The van der Waals surface area contributed by atoms with Crippen molar-refractivity contribution in [1.82, 2.24) is 10.2 Å². The molecule has 1 amide bonds. The van der Waals surface area contributed by atoms with Crippen LogP contribution in [0.15, 0.2) is 0 Å². The number of fused-ring (bicyclic) bond motifs is 2. The Bertz CT molecular complexity index is 377. The lowest BCUT2D eigenvalue weighted by atomic mass is 9.85. The minimum atomic E-state index is 0.393. The van der Waals surface area contributed by atoms with Gasteiger partial charge in [-0.3, -0.25) is 4.79 Å². The van der Waals surface area contributed by atoms with E-state index < -0.39 is 0 Å². The quantitative estimate of drug-likeness (QED) is 0.840. The summed E-state index contributed by atoms with van der Waals surface area (Å²) in [6, 6.07) is 0.686. The molecule has 2 aliphatic heterocycles. The van der Waals surface area contributed by atoms with Crippen LogP contribution in [-0.4, -0.2) is 36.5 Å². The number of nitrogens with one attached hydrogen (secondary N) is 1. The van der Waals surface area contributed by atoms with Gasteiger partial charge < -0.3 is 10.2 Å². The van der Waals surface area contributed by atoms with Gasteiger partial charge in [0.2, 0.25) is 5.91 Å². The van der Waals surface area contributed by atoms with Crippen LogP contribution in [0.4, 0.5) is 0 Å². The second-order valence-corrected chi connectivity index (χ2v) is 7.67. The van der Waals surface area contributed by atoms with Crippen LogP contribution in [0.2, 0.25) is 0 Å². The van der Waals surface area contributed by atoms with Gasteiger partial charge in [0.25, 0.3) is 0 Å². The zero-order valence-corrected chi connectivity index (χ0v) is 12.5. The van der Waals surface area contributed by atoms with Gasteiger partial charge in [-0.05, 0) is 69.2 Å². The number of carbonyl (C=O) groups is 1. The number of hydrogen-bond donors (Lipinski definition) is 1. The lowest BCUT2D eigenvalue weighted by molar-refractivity contribution is -0.139. The van der Waals surface area contributed by atoms with Crippen LogP contribution in [0.3, 0.4) is 0 Å². The van der Waals surface area contributed by atoms with E-state index in [1.165, 1.54) is 57.9 Å². The number of nitrogens with zero attached hydrogens (tertiary/aromatic N) is 1. The van der Waals surface area contributed by atoms with Crippen molar-refractivity contribution in [2.45, 2.75) is 57.4 Å². The first-order valence-corrected chi connectivity index (χ1v) is 8.83. The Morgan fingerprint density at radius 2 is 1.95 bits per heavy atom. The van der Waals surface area contributed by atoms with Crippen LogP contribution in [-0.2, 0) is 4.79 Å². The molecule has 2 heterocycles. The number of rotatable bonds is 2. The zero-order valence-electron chi connectivity index (χ0n) is 12.5. The molecular weight excluding hydrogens is 248 g/mol. The zero-order chi connectivity index (χ0) is 13.5. The summed E-state index contributed by atoms with van der Waals surface area (Å²) in [5.41, 5.74) is 0. The van der Waals surface area contributed by atoms with Crippen molar-refractivity contribution in [2.75, 3.05) is 19.6 Å². The molecule has 2 bridgehead atoms. The van der Waals surface area contributed by atoms with Crippen LogP contribution >= 0.6 is 0 Å². The summed E-state index contributed by atoms with van der Waals surface area (Å²) in [6.45, 7) is 3.24. The average Bonchev–Trinajstić information content (AvgIpc) is 3.23. The van der Waals surface area contributed by atoms with Crippen molar-refractivity contribution in [2.24, 2.45) is 23.7 Å². The van der Waals surface area contributed by atoms with Crippen molar-refractivity contribution in [3.63, 3.8) is 0 Å². The van der Waals surface area contributed by atoms with E-state index in [1.807, 2.05) is 0 Å². The molecule has 4 fully saturated rings. The third-order valence-electron chi connectivity index (χ3n) is 6.49. The smallest absolute Gasteiger partial charge is 0.225 e. The minimum absolute atomic E-state index is 0.393. The van der Waals surface area contributed by atoms with Gasteiger partial charge in [0.1, 0.15) is 0 Å². The SMILES string of the molecule is O=C(C1CC2CCC1C2)N1CCCC(C2CCCN2)C1. The standard InChI is InChI=1S/C17H28N2O/c20-17(15-10-12-5-6-13(15)9-12)19-8-2-3-14(11-19)16-4-1-7-18-16/h12-16,18H,1-11H2. The van der Waals surface area contributed by atoms with Crippen molar-refractivity contribution < 1.29 is 4.79 Å². The number of hydrogen-bond acceptors (Lipinski definition) is 2. The van der Waals surface area contributed by atoms with Crippen LogP contribution < -0.4 is 5.32 Å². The van der Waals surface area contributed by atoms with Crippen LogP contribution in [0.25, 0.3) is 0 Å². The second-order valence-electron chi connectivity index (χ2n) is 7.67. The van der Waals surface area contributed by atoms with Gasteiger partial charge in [0.15, 0.2) is 0 Å². The molecule has 2 saturated heterocycles. The lowest BCUT2D eigenvalue weighted by Gasteiger charge is -2.38. The van der Waals surface area contributed by atoms with Crippen molar-refractivity contribution in [3.05, 3.63) is 0 Å². The molecule has 0 aromatic carbocycles. The summed E-state index contributed by atoms with van der Waals surface area (Å²) in [6.07, 6.45) is 10.4. The highest BCUT2D eigenvalue weighted by atomic mass is 16.2. The van der Waals surface area contributed by atoms with E-state index >= 15 is 0 Å². The van der Waals surface area contributed by atoms with Crippen molar-refractivity contribution in [3.8, 4) is 0 Å². The van der Waals surface area contributed by atoms with E-state index in [2.05, 4.69) is 10.2 Å². The highest BCUT2D eigenvalue weighted by Gasteiger charge is 2.45. The Kier molecular flexibility index (Phi) is 3.49. The fourth-order valence-corrected chi connectivity index (χ4v) is 5.43. The predicted octanol–water partition coefficient (Wildman–Crippen LogP) is 2.41. The Balaban J connectivity index is 1.39. The second kappa shape index (κ2) is 5.32. The molecule has 1 N–H and O–H groups in total. The van der Waals surface area contributed by atoms with Gasteiger partial charge >= 0.3 is 0 Å². The summed E-state index contributed by atoms with van der Waals surface area (Å²) < 4.78 is 0. The molecule has 0 aromatic heterocycles. The van der Waals surface area contributed by atoms with Crippen LogP contribution in [0.5, 0.6) is 0 Å². The molecular formula is C17H28N2O. The minimum Gasteiger partial charge on any atom is -0.342 e. The fourth-order valence-electron chi connectivity index (χ4n) is 5.43. The van der Waals surface area contributed by atoms with E-state index in [-0.39, 0.29) is 0 Å². The Hall–Kier alpha value is -0.570. The third kappa shape index (κ3) is 2.28. The Morgan fingerprint density at radius 1 is 1.00 bits per heavy atom. The normalized spacial score (nSPS) is 44.2. The molecule has 0 radical (unpaired) electrons. The lowest BCUT2D eigenvalue weighted by Crippen LogP contribution is -2.48. The number of piperidine rings is 1. The maximum absolute atomic E-state index is 12.9. The first-order valence-electron chi connectivity index (χ1n) is 8.83. The van der Waals surface area contributed by atoms with Gasteiger partial charge in [-0.15, -0.1) is 0 Å². The third-order valence-corrected chi connectivity index (χ3v) is 6.49. The summed E-state index contributed by atoms with van der Waals surface area (Å²) in [4.78, 5) is 15.1. The molecule has 5 atom stereocenters. The monoisotopic (exact) mass is 276 g/mol. The number of amides is 1. The maximum atomic E-state index is 12.9. The molecule has 0 spiro atoms. The summed E-state index contributed by atoms with van der Waals surface area (Å²) in [5.74, 6) is 3.24. The van der Waals surface area contributed by atoms with Crippen LogP contribution in [0, 0.1) is 23.7 Å². The molecule has 2 saturated carbocycles. The van der Waals surface area contributed by atoms with Crippen molar-refractivity contribution in [1.29, 1.82) is 0 Å². The molecule has 20 heavy (non-hydrogen) atoms. The van der Waals surface area contributed by atoms with E-state index in [0.717, 1.165) is 24.9 Å². The van der Waals surface area contributed by atoms with E-state index in [4.69, 9.17) is 0 Å². The highest BCUT2D eigenvalue weighted by Crippen LogP contribution is 2.49. The molecule has 2 aliphatic carbocycles. The van der Waals surface area contributed by atoms with Gasteiger partial charge in [-0.25, -0.2) is 0 Å². The summed E-state index contributed by atoms with van der Waals surface area (Å²) in [7, 11) is 0. The molecule has 4 aliphatic rings. The number of carbonyl (C=O) groups excluding carboxylic acids is 1. The van der Waals surface area contributed by atoms with Gasteiger partial charge in [0, 0.05) is 25.0 Å². The summed E-state index contributed by atoms with van der Waals surface area (Å²) in [5, 5.41) is 3.64. The Labute approximate surface area is 122 Å². The van der Waals surface area contributed by atoms with Crippen LogP contribution in [0.1, 0.15) is 51.4 Å². The molecule has 4 rings (SSSR count). The van der Waals surface area contributed by atoms with Crippen molar-refractivity contribution >= 4 is 5.91 Å². The highest BCUT2D eigenvalue weighted by molar-refractivity contribution is 5.79. The molecule has 112 valence electrons. The topological polar surface area (TPSA) is 32.3 Å². The molecule has 0 aromatic rings. The summed E-state index contributed by atoms with van der Waals surface area (Å²) >= 11 is 0. The van der Waals surface area contributed by atoms with Gasteiger partial charge in [-0.1, -0.05) is 6.42 Å².